The van der Waals surface area contributed by atoms with Crippen LogP contribution < -0.4 is 10.1 Å². The Kier molecular flexibility index (Phi) is 5.15. The van der Waals surface area contributed by atoms with Crippen molar-refractivity contribution in [3.8, 4) is 5.75 Å². The molecular weight excluding hydrogens is 386 g/mol. The molecule has 0 saturated heterocycles. The minimum Gasteiger partial charge on any atom is -0.496 e. The summed E-state index contributed by atoms with van der Waals surface area (Å²) in [5.74, 6) is 1.80. The van der Waals surface area contributed by atoms with Crippen molar-refractivity contribution in [3.63, 3.8) is 0 Å². The maximum absolute atomic E-state index is 6.06. The van der Waals surface area contributed by atoms with Gasteiger partial charge in [0.2, 0.25) is 0 Å². The third-order valence-electron chi connectivity index (χ3n) is 3.25. The summed E-state index contributed by atoms with van der Waals surface area (Å²) in [7, 11) is 1.67. The van der Waals surface area contributed by atoms with E-state index in [1.165, 1.54) is 5.56 Å². The fraction of sp³-hybridized carbons (Fsp3) is 0.467. The molecule has 0 radical (unpaired) electrons. The van der Waals surface area contributed by atoms with Crippen molar-refractivity contribution in [2.24, 2.45) is 0 Å². The SMILES string of the molecule is CCc1c(CNC(C)C)oc2c(Br)cc(OC)c(Br)c12. The number of methoxy groups -OCH3 is 1. The van der Waals surface area contributed by atoms with E-state index in [0.29, 0.717) is 6.04 Å². The van der Waals surface area contributed by atoms with E-state index in [2.05, 4.69) is 57.9 Å². The minimum atomic E-state index is 0.425. The topological polar surface area (TPSA) is 34.4 Å². The Hall–Kier alpha value is -0.520. The van der Waals surface area contributed by atoms with Gasteiger partial charge < -0.3 is 14.5 Å². The lowest BCUT2D eigenvalue weighted by Crippen LogP contribution is -2.22. The number of halogens is 2. The number of benzene rings is 1. The van der Waals surface area contributed by atoms with Crippen LogP contribution in [0.25, 0.3) is 11.0 Å². The number of nitrogens with one attached hydrogen (secondary N) is 1. The van der Waals surface area contributed by atoms with Gasteiger partial charge in [-0.3, -0.25) is 0 Å². The minimum absolute atomic E-state index is 0.425. The molecule has 0 bridgehead atoms. The summed E-state index contributed by atoms with van der Waals surface area (Å²) in [6.07, 6.45) is 0.917. The first-order chi connectivity index (χ1) is 9.49. The summed E-state index contributed by atoms with van der Waals surface area (Å²) >= 11 is 7.20. The lowest BCUT2D eigenvalue weighted by atomic mass is 10.1. The number of furan rings is 1. The average Bonchev–Trinajstić information content (AvgIpc) is 2.79. The fourth-order valence-electron chi connectivity index (χ4n) is 2.24. The normalized spacial score (nSPS) is 11.6. The molecule has 1 aromatic heterocycles. The predicted molar refractivity (Wildman–Crippen MR) is 89.5 cm³/mol. The zero-order valence-corrected chi connectivity index (χ0v) is 15.3. The molecule has 2 rings (SSSR count). The lowest BCUT2D eigenvalue weighted by Gasteiger charge is -2.07. The van der Waals surface area contributed by atoms with Crippen molar-refractivity contribution >= 4 is 42.8 Å². The number of fused-ring (bicyclic) bond motifs is 1. The van der Waals surface area contributed by atoms with Crippen LogP contribution in [0.15, 0.2) is 19.4 Å². The van der Waals surface area contributed by atoms with Crippen LogP contribution >= 0.6 is 31.9 Å². The molecule has 0 saturated carbocycles. The Labute approximate surface area is 136 Å². The summed E-state index contributed by atoms with van der Waals surface area (Å²) in [6, 6.07) is 2.35. The van der Waals surface area contributed by atoms with E-state index in [1.807, 2.05) is 6.07 Å². The second-order valence-electron chi connectivity index (χ2n) is 4.97. The lowest BCUT2D eigenvalue weighted by molar-refractivity contribution is 0.412. The third kappa shape index (κ3) is 2.90. The van der Waals surface area contributed by atoms with Gasteiger partial charge in [-0.1, -0.05) is 20.8 Å². The molecule has 0 aliphatic rings. The van der Waals surface area contributed by atoms with Crippen LogP contribution in [0.1, 0.15) is 32.1 Å². The zero-order valence-electron chi connectivity index (χ0n) is 12.1. The average molecular weight is 405 g/mol. The molecule has 1 aromatic carbocycles. The summed E-state index contributed by atoms with van der Waals surface area (Å²) in [4.78, 5) is 0. The number of rotatable bonds is 5. The molecule has 5 heteroatoms. The van der Waals surface area contributed by atoms with Gasteiger partial charge in [0.1, 0.15) is 17.1 Å². The van der Waals surface area contributed by atoms with E-state index in [1.54, 1.807) is 7.11 Å². The summed E-state index contributed by atoms with van der Waals surface area (Å²) in [5.41, 5.74) is 2.09. The van der Waals surface area contributed by atoms with Gasteiger partial charge in [-0.15, -0.1) is 0 Å². The number of hydrogen-bond acceptors (Lipinski definition) is 3. The van der Waals surface area contributed by atoms with E-state index < -0.39 is 0 Å². The monoisotopic (exact) mass is 403 g/mol. The first kappa shape index (κ1) is 15.9. The summed E-state index contributed by atoms with van der Waals surface area (Å²) in [5, 5.41) is 4.51. The molecular formula is C15H19Br2NO2. The van der Waals surface area contributed by atoms with E-state index in [4.69, 9.17) is 9.15 Å². The molecule has 1 heterocycles. The molecule has 20 heavy (non-hydrogen) atoms. The molecule has 110 valence electrons. The van der Waals surface area contributed by atoms with Gasteiger partial charge in [-0.25, -0.2) is 0 Å². The molecule has 0 aliphatic heterocycles. The van der Waals surface area contributed by atoms with Crippen LogP contribution in [0.5, 0.6) is 5.75 Å². The van der Waals surface area contributed by atoms with Crippen LogP contribution in [0.4, 0.5) is 0 Å². The summed E-state index contributed by atoms with van der Waals surface area (Å²) in [6.45, 7) is 7.13. The number of hydrogen-bond donors (Lipinski definition) is 1. The molecule has 0 unspecified atom stereocenters. The van der Waals surface area contributed by atoms with Crippen molar-refractivity contribution in [1.82, 2.24) is 5.32 Å². The first-order valence-electron chi connectivity index (χ1n) is 6.69. The van der Waals surface area contributed by atoms with Crippen molar-refractivity contribution in [3.05, 3.63) is 26.3 Å². The van der Waals surface area contributed by atoms with E-state index in [9.17, 15) is 0 Å². The van der Waals surface area contributed by atoms with Gasteiger partial charge in [0.25, 0.3) is 0 Å². The Morgan fingerprint density at radius 1 is 1.35 bits per heavy atom. The molecule has 0 fully saturated rings. The van der Waals surface area contributed by atoms with Gasteiger partial charge in [-0.2, -0.15) is 0 Å². The van der Waals surface area contributed by atoms with Crippen molar-refractivity contribution < 1.29 is 9.15 Å². The van der Waals surface area contributed by atoms with E-state index in [0.717, 1.165) is 44.4 Å². The molecule has 0 aliphatic carbocycles. The van der Waals surface area contributed by atoms with Crippen molar-refractivity contribution in [2.75, 3.05) is 7.11 Å². The molecule has 3 nitrogen and oxygen atoms in total. The Balaban J connectivity index is 2.62. The van der Waals surface area contributed by atoms with E-state index in [-0.39, 0.29) is 0 Å². The van der Waals surface area contributed by atoms with Gasteiger partial charge in [-0.05, 0) is 44.3 Å². The zero-order chi connectivity index (χ0) is 14.9. The molecule has 2 aromatic rings. The smallest absolute Gasteiger partial charge is 0.150 e. The van der Waals surface area contributed by atoms with Gasteiger partial charge >= 0.3 is 0 Å². The maximum atomic E-state index is 6.06. The van der Waals surface area contributed by atoms with Gasteiger partial charge in [0, 0.05) is 17.0 Å². The Bertz CT molecular complexity index is 620. The Morgan fingerprint density at radius 3 is 2.60 bits per heavy atom. The van der Waals surface area contributed by atoms with Crippen LogP contribution in [-0.2, 0) is 13.0 Å². The van der Waals surface area contributed by atoms with Crippen LogP contribution in [0.2, 0.25) is 0 Å². The highest BCUT2D eigenvalue weighted by Gasteiger charge is 2.20. The molecule has 0 amide bonds. The molecule has 1 N–H and O–H groups in total. The quantitative estimate of drug-likeness (QED) is 0.758. The van der Waals surface area contributed by atoms with Crippen LogP contribution in [0, 0.1) is 0 Å². The van der Waals surface area contributed by atoms with Crippen LogP contribution in [0.3, 0.4) is 0 Å². The van der Waals surface area contributed by atoms with E-state index >= 15 is 0 Å². The standard InChI is InChI=1S/C15H19Br2NO2/c1-5-9-12(7-18-8(2)3)20-15-10(16)6-11(19-4)14(17)13(9)15/h6,8,18H,5,7H2,1-4H3. The third-order valence-corrected chi connectivity index (χ3v) is 4.62. The highest BCUT2D eigenvalue weighted by Crippen LogP contribution is 2.42. The second-order valence-corrected chi connectivity index (χ2v) is 6.62. The predicted octanol–water partition coefficient (Wildman–Crippen LogP) is 5.03. The maximum Gasteiger partial charge on any atom is 0.150 e. The highest BCUT2D eigenvalue weighted by atomic mass is 79.9. The number of aryl methyl sites for hydroxylation is 1. The van der Waals surface area contributed by atoms with Gasteiger partial charge in [0.15, 0.2) is 0 Å². The van der Waals surface area contributed by atoms with Crippen molar-refractivity contribution in [2.45, 2.75) is 39.8 Å². The fourth-order valence-corrected chi connectivity index (χ4v) is 3.42. The number of ether oxygens (including phenoxy) is 1. The highest BCUT2D eigenvalue weighted by molar-refractivity contribution is 9.11. The second kappa shape index (κ2) is 6.50. The van der Waals surface area contributed by atoms with Crippen LogP contribution in [-0.4, -0.2) is 13.2 Å². The largest absolute Gasteiger partial charge is 0.496 e. The Morgan fingerprint density at radius 2 is 2.05 bits per heavy atom. The van der Waals surface area contributed by atoms with Crippen molar-refractivity contribution in [1.29, 1.82) is 0 Å². The molecule has 0 atom stereocenters. The molecule has 0 spiro atoms. The first-order valence-corrected chi connectivity index (χ1v) is 8.27. The summed E-state index contributed by atoms with van der Waals surface area (Å²) < 4.78 is 13.3. The van der Waals surface area contributed by atoms with Gasteiger partial charge in [0.05, 0.1) is 22.6 Å².